The van der Waals surface area contributed by atoms with Gasteiger partial charge >= 0.3 is 0 Å². The molecule has 2 aromatic carbocycles. The van der Waals surface area contributed by atoms with Crippen LogP contribution in [0.2, 0.25) is 0 Å². The van der Waals surface area contributed by atoms with Crippen molar-refractivity contribution < 1.29 is 9.53 Å². The highest BCUT2D eigenvalue weighted by atomic mass is 16.5. The Hall–Kier alpha value is -3.08. The number of ether oxygens (including phenoxy) is 1. The quantitative estimate of drug-likeness (QED) is 0.757. The predicted octanol–water partition coefficient (Wildman–Crippen LogP) is 3.44. The summed E-state index contributed by atoms with van der Waals surface area (Å²) in [5, 5.41) is 3.16. The topological polar surface area (TPSA) is 56.1 Å². The maximum atomic E-state index is 13.0. The summed E-state index contributed by atoms with van der Waals surface area (Å²) in [4.78, 5) is 17.5. The van der Waals surface area contributed by atoms with Crippen LogP contribution in [0.25, 0.3) is 0 Å². The molecule has 1 aliphatic rings. The first-order chi connectivity index (χ1) is 13.2. The maximum absolute atomic E-state index is 13.0. The summed E-state index contributed by atoms with van der Waals surface area (Å²) >= 11 is 0. The lowest BCUT2D eigenvalue weighted by molar-refractivity contribution is 0.0941. The minimum atomic E-state index is -0.360. The summed E-state index contributed by atoms with van der Waals surface area (Å²) in [6.07, 6.45) is 6.94. The van der Waals surface area contributed by atoms with Gasteiger partial charge in [-0.2, -0.15) is 0 Å². The Balaban J connectivity index is 1.67. The first-order valence-corrected chi connectivity index (χ1v) is 9.19. The molecule has 1 amide bonds. The van der Waals surface area contributed by atoms with Gasteiger partial charge in [0.15, 0.2) is 0 Å². The maximum Gasteiger partial charge on any atom is 0.252 e. The van der Waals surface area contributed by atoms with E-state index in [1.54, 1.807) is 13.3 Å². The lowest BCUT2D eigenvalue weighted by Gasteiger charge is -2.20. The van der Waals surface area contributed by atoms with Crippen LogP contribution in [0.4, 0.5) is 0 Å². The van der Waals surface area contributed by atoms with Crippen LogP contribution in [0, 0.1) is 0 Å². The Morgan fingerprint density at radius 2 is 2.04 bits per heavy atom. The van der Waals surface area contributed by atoms with Gasteiger partial charge in [0, 0.05) is 25.0 Å². The number of imidazole rings is 1. The van der Waals surface area contributed by atoms with Gasteiger partial charge in [0.2, 0.25) is 0 Å². The molecule has 0 saturated heterocycles. The molecule has 1 aromatic heterocycles. The summed E-state index contributed by atoms with van der Waals surface area (Å²) in [5.41, 5.74) is 4.27. The molecule has 0 aliphatic heterocycles. The molecule has 0 bridgehead atoms. The van der Waals surface area contributed by atoms with Gasteiger partial charge in [-0.25, -0.2) is 4.98 Å². The summed E-state index contributed by atoms with van der Waals surface area (Å²) in [7, 11) is 3.56. The normalized spacial score (nSPS) is 13.9. The molecule has 1 atom stereocenters. The van der Waals surface area contributed by atoms with Crippen LogP contribution in [0.1, 0.15) is 45.3 Å². The van der Waals surface area contributed by atoms with Crippen molar-refractivity contribution in [3.05, 3.63) is 82.9 Å². The van der Waals surface area contributed by atoms with E-state index in [1.165, 1.54) is 17.5 Å². The second kappa shape index (κ2) is 7.27. The third kappa shape index (κ3) is 3.45. The predicted molar refractivity (Wildman–Crippen MR) is 104 cm³/mol. The van der Waals surface area contributed by atoms with Gasteiger partial charge in [0.1, 0.15) is 17.6 Å². The molecule has 1 heterocycles. The molecule has 0 unspecified atom stereocenters. The van der Waals surface area contributed by atoms with Crippen molar-refractivity contribution in [2.24, 2.45) is 7.05 Å². The number of amides is 1. The van der Waals surface area contributed by atoms with Crippen molar-refractivity contribution in [2.75, 3.05) is 7.11 Å². The summed E-state index contributed by atoms with van der Waals surface area (Å²) in [6.45, 7) is 0. The third-order valence-electron chi connectivity index (χ3n) is 5.18. The zero-order valence-corrected chi connectivity index (χ0v) is 15.6. The molecule has 1 N–H and O–H groups in total. The van der Waals surface area contributed by atoms with Crippen LogP contribution < -0.4 is 10.1 Å². The average molecular weight is 361 g/mol. The lowest BCUT2D eigenvalue weighted by Crippen LogP contribution is -2.31. The number of benzene rings is 2. The van der Waals surface area contributed by atoms with Crippen molar-refractivity contribution in [1.82, 2.24) is 14.9 Å². The Morgan fingerprint density at radius 1 is 1.19 bits per heavy atom. The van der Waals surface area contributed by atoms with E-state index in [-0.39, 0.29) is 11.9 Å². The van der Waals surface area contributed by atoms with Crippen LogP contribution in [-0.2, 0) is 19.9 Å². The molecule has 5 heteroatoms. The largest absolute Gasteiger partial charge is 0.497 e. The number of aryl methyl sites for hydroxylation is 3. The molecular formula is C22H23N3O2. The van der Waals surface area contributed by atoms with Crippen molar-refractivity contribution in [1.29, 1.82) is 0 Å². The van der Waals surface area contributed by atoms with Crippen LogP contribution in [0.15, 0.2) is 54.9 Å². The highest BCUT2D eigenvalue weighted by molar-refractivity contribution is 5.95. The van der Waals surface area contributed by atoms with Gasteiger partial charge in [-0.05, 0) is 60.2 Å². The van der Waals surface area contributed by atoms with Crippen LogP contribution in [0.3, 0.4) is 0 Å². The van der Waals surface area contributed by atoms with Gasteiger partial charge in [-0.3, -0.25) is 4.79 Å². The number of methoxy groups -OCH3 is 1. The van der Waals surface area contributed by atoms with Crippen LogP contribution >= 0.6 is 0 Å². The summed E-state index contributed by atoms with van der Waals surface area (Å²) in [5.74, 6) is 1.43. The third-order valence-corrected chi connectivity index (χ3v) is 5.18. The van der Waals surface area contributed by atoms with E-state index < -0.39 is 0 Å². The monoisotopic (exact) mass is 361 g/mol. The van der Waals surface area contributed by atoms with Crippen molar-refractivity contribution in [3.8, 4) is 5.75 Å². The Morgan fingerprint density at radius 3 is 2.81 bits per heavy atom. The van der Waals surface area contributed by atoms with Gasteiger partial charge in [0.05, 0.1) is 7.11 Å². The van der Waals surface area contributed by atoms with E-state index in [0.29, 0.717) is 5.56 Å². The number of hydrogen-bond donors (Lipinski definition) is 1. The standard InChI is InChI=1S/C22H23N3O2/c1-25-12-11-23-21(25)20(17-7-4-8-19(14-17)27-2)24-22(26)18-10-9-15-5-3-6-16(15)13-18/h4,7-14,20H,3,5-6H2,1-2H3,(H,24,26)/t20-/m1/s1. The van der Waals surface area contributed by atoms with Crippen molar-refractivity contribution in [2.45, 2.75) is 25.3 Å². The minimum Gasteiger partial charge on any atom is -0.497 e. The Bertz CT molecular complexity index is 977. The molecule has 1 aliphatic carbocycles. The van der Waals surface area contributed by atoms with E-state index in [4.69, 9.17) is 4.74 Å². The second-order valence-electron chi connectivity index (χ2n) is 6.92. The van der Waals surface area contributed by atoms with Gasteiger partial charge in [0.25, 0.3) is 5.91 Å². The van der Waals surface area contributed by atoms with Crippen molar-refractivity contribution in [3.63, 3.8) is 0 Å². The zero-order chi connectivity index (χ0) is 18.8. The molecule has 0 saturated carbocycles. The number of fused-ring (bicyclic) bond motifs is 1. The number of nitrogens with zero attached hydrogens (tertiary/aromatic N) is 2. The van der Waals surface area contributed by atoms with Gasteiger partial charge in [-0.1, -0.05) is 18.2 Å². The second-order valence-corrected chi connectivity index (χ2v) is 6.92. The molecule has 0 radical (unpaired) electrons. The SMILES string of the molecule is COc1cccc([C@@H](NC(=O)c2ccc3c(c2)CCC3)c2nccn2C)c1. The van der Waals surface area contributed by atoms with E-state index in [2.05, 4.69) is 16.4 Å². The van der Waals surface area contributed by atoms with E-state index in [0.717, 1.165) is 30.0 Å². The molecule has 0 spiro atoms. The van der Waals surface area contributed by atoms with E-state index >= 15 is 0 Å². The fraction of sp³-hybridized carbons (Fsp3) is 0.273. The molecule has 27 heavy (non-hydrogen) atoms. The fourth-order valence-electron chi connectivity index (χ4n) is 3.70. The molecule has 3 aromatic rings. The molecule has 138 valence electrons. The molecular weight excluding hydrogens is 338 g/mol. The number of carbonyl (C=O) groups excluding carboxylic acids is 1. The molecule has 0 fully saturated rings. The Labute approximate surface area is 159 Å². The number of aromatic nitrogens is 2. The highest BCUT2D eigenvalue weighted by Crippen LogP contribution is 2.26. The lowest BCUT2D eigenvalue weighted by atomic mass is 10.0. The number of hydrogen-bond acceptors (Lipinski definition) is 3. The smallest absolute Gasteiger partial charge is 0.252 e. The summed E-state index contributed by atoms with van der Waals surface area (Å²) in [6, 6.07) is 13.4. The van der Waals surface area contributed by atoms with E-state index in [9.17, 15) is 4.79 Å². The fourth-order valence-corrected chi connectivity index (χ4v) is 3.70. The first kappa shape index (κ1) is 17.3. The van der Waals surface area contributed by atoms with Crippen LogP contribution in [-0.4, -0.2) is 22.6 Å². The van der Waals surface area contributed by atoms with Gasteiger partial charge < -0.3 is 14.6 Å². The van der Waals surface area contributed by atoms with Crippen molar-refractivity contribution >= 4 is 5.91 Å². The highest BCUT2D eigenvalue weighted by Gasteiger charge is 2.23. The van der Waals surface area contributed by atoms with Gasteiger partial charge in [-0.15, -0.1) is 0 Å². The first-order valence-electron chi connectivity index (χ1n) is 9.19. The zero-order valence-electron chi connectivity index (χ0n) is 15.6. The molecule has 4 rings (SSSR count). The minimum absolute atomic E-state index is 0.0967. The van der Waals surface area contributed by atoms with Crippen LogP contribution in [0.5, 0.6) is 5.75 Å². The number of rotatable bonds is 5. The average Bonchev–Trinajstić information content (AvgIpc) is 3.34. The molecule has 5 nitrogen and oxygen atoms in total. The summed E-state index contributed by atoms with van der Waals surface area (Å²) < 4.78 is 7.28. The number of carbonyl (C=O) groups is 1. The number of nitrogens with one attached hydrogen (secondary N) is 1. The Kier molecular flexibility index (Phi) is 4.67. The van der Waals surface area contributed by atoms with E-state index in [1.807, 2.05) is 54.2 Å².